The third kappa shape index (κ3) is 3.90. The number of rotatable bonds is 4. The van der Waals surface area contributed by atoms with Gasteiger partial charge in [-0.15, -0.1) is 0 Å². The summed E-state index contributed by atoms with van der Waals surface area (Å²) >= 11 is 4.81. The number of para-hydroxylation sites is 1. The number of amides is 1. The first kappa shape index (κ1) is 20.3. The van der Waals surface area contributed by atoms with Crippen molar-refractivity contribution in [3.8, 4) is 0 Å². The standard InChI is InChI=1S/C21H15IN4O3S2/c22-17-16(19(28)29)24-21(31-17)26-9-8-11-4-3-5-12(13(11)10-26)18(27)25-20-23-14-6-1-2-7-15(14)30-20/h1-7H,8-10H2,(H,28,29)(H,23,25,27). The second kappa shape index (κ2) is 8.17. The number of carboxylic acid groups (broad SMARTS) is 1. The lowest BCUT2D eigenvalue weighted by Crippen LogP contribution is -2.32. The van der Waals surface area contributed by atoms with Gasteiger partial charge in [0, 0.05) is 18.7 Å². The Bertz CT molecular complexity index is 1300. The molecular formula is C21H15IN4O3S2. The van der Waals surface area contributed by atoms with E-state index in [1.54, 1.807) is 0 Å². The first-order valence-corrected chi connectivity index (χ1v) is 12.1. The van der Waals surface area contributed by atoms with Gasteiger partial charge in [-0.25, -0.2) is 14.8 Å². The van der Waals surface area contributed by atoms with E-state index < -0.39 is 5.97 Å². The molecule has 1 aliphatic rings. The minimum Gasteiger partial charge on any atom is -0.476 e. The highest BCUT2D eigenvalue weighted by Crippen LogP contribution is 2.33. The van der Waals surface area contributed by atoms with E-state index in [0.29, 0.717) is 25.3 Å². The Morgan fingerprint density at radius 2 is 1.94 bits per heavy atom. The number of fused-ring (bicyclic) bond motifs is 2. The highest BCUT2D eigenvalue weighted by molar-refractivity contribution is 14.1. The van der Waals surface area contributed by atoms with Gasteiger partial charge in [0.2, 0.25) is 0 Å². The molecule has 156 valence electrons. The van der Waals surface area contributed by atoms with Gasteiger partial charge in [0.15, 0.2) is 16.0 Å². The Hall–Kier alpha value is -2.57. The lowest BCUT2D eigenvalue weighted by molar-refractivity contribution is 0.0690. The van der Waals surface area contributed by atoms with E-state index >= 15 is 0 Å². The Balaban J connectivity index is 1.42. The number of aromatic nitrogens is 2. The summed E-state index contributed by atoms with van der Waals surface area (Å²) in [5.74, 6) is -1.22. The molecule has 2 aromatic heterocycles. The molecular weight excluding hydrogens is 547 g/mol. The Morgan fingerprint density at radius 1 is 1.10 bits per heavy atom. The maximum atomic E-state index is 13.1. The van der Waals surface area contributed by atoms with Gasteiger partial charge in [-0.05, 0) is 58.3 Å². The molecule has 0 saturated heterocycles. The molecule has 31 heavy (non-hydrogen) atoms. The van der Waals surface area contributed by atoms with Crippen LogP contribution in [-0.4, -0.2) is 33.5 Å². The lowest BCUT2D eigenvalue weighted by Gasteiger charge is -2.29. The van der Waals surface area contributed by atoms with Crippen LogP contribution >= 0.6 is 45.3 Å². The minimum atomic E-state index is -1.03. The summed E-state index contributed by atoms with van der Waals surface area (Å²) in [4.78, 5) is 35.3. The molecule has 0 saturated carbocycles. The van der Waals surface area contributed by atoms with Crippen LogP contribution < -0.4 is 10.2 Å². The van der Waals surface area contributed by atoms with Crippen molar-refractivity contribution in [3.63, 3.8) is 0 Å². The van der Waals surface area contributed by atoms with Crippen LogP contribution in [0.15, 0.2) is 42.5 Å². The number of aromatic carboxylic acids is 1. The molecule has 3 heterocycles. The molecule has 4 aromatic rings. The zero-order valence-electron chi connectivity index (χ0n) is 16.0. The number of nitrogens with zero attached hydrogens (tertiary/aromatic N) is 3. The Morgan fingerprint density at radius 3 is 2.71 bits per heavy atom. The zero-order valence-corrected chi connectivity index (χ0v) is 19.8. The van der Waals surface area contributed by atoms with E-state index in [0.717, 1.165) is 34.3 Å². The van der Waals surface area contributed by atoms with Crippen molar-refractivity contribution >= 4 is 77.6 Å². The number of thiazole rings is 2. The van der Waals surface area contributed by atoms with Crippen LogP contribution in [0, 0.1) is 2.88 Å². The quantitative estimate of drug-likeness (QED) is 0.345. The number of hydrogen-bond donors (Lipinski definition) is 2. The van der Waals surface area contributed by atoms with Crippen LogP contribution in [-0.2, 0) is 13.0 Å². The SMILES string of the molecule is O=C(Nc1nc2ccccc2s1)c1cccc2c1CN(c1nc(C(=O)O)c(I)s1)CC2. The monoisotopic (exact) mass is 562 g/mol. The first-order valence-electron chi connectivity index (χ1n) is 9.42. The second-order valence-corrected chi connectivity index (χ2v) is 10.8. The number of anilines is 2. The predicted octanol–water partition coefficient (Wildman–Crippen LogP) is 4.87. The topological polar surface area (TPSA) is 95.4 Å². The van der Waals surface area contributed by atoms with Crippen molar-refractivity contribution in [2.45, 2.75) is 13.0 Å². The highest BCUT2D eigenvalue weighted by Gasteiger charge is 2.26. The van der Waals surface area contributed by atoms with Gasteiger partial charge in [-0.2, -0.15) is 0 Å². The molecule has 0 bridgehead atoms. The minimum absolute atomic E-state index is 0.0771. The summed E-state index contributed by atoms with van der Waals surface area (Å²) in [7, 11) is 0. The van der Waals surface area contributed by atoms with Crippen molar-refractivity contribution in [1.82, 2.24) is 9.97 Å². The molecule has 1 aliphatic heterocycles. The Labute approximate surface area is 198 Å². The molecule has 0 radical (unpaired) electrons. The zero-order chi connectivity index (χ0) is 21.5. The van der Waals surface area contributed by atoms with E-state index in [2.05, 4.69) is 15.3 Å². The fourth-order valence-corrected chi connectivity index (χ4v) is 6.22. The van der Waals surface area contributed by atoms with Gasteiger partial charge in [-0.1, -0.05) is 46.9 Å². The van der Waals surface area contributed by atoms with Crippen LogP contribution in [0.1, 0.15) is 32.0 Å². The van der Waals surface area contributed by atoms with Crippen LogP contribution in [0.3, 0.4) is 0 Å². The maximum absolute atomic E-state index is 13.1. The van der Waals surface area contributed by atoms with Crippen molar-refractivity contribution < 1.29 is 14.7 Å². The van der Waals surface area contributed by atoms with Crippen molar-refractivity contribution in [2.24, 2.45) is 0 Å². The fourth-order valence-electron chi connectivity index (χ4n) is 3.61. The summed E-state index contributed by atoms with van der Waals surface area (Å²) in [6, 6.07) is 13.5. The fraction of sp³-hybridized carbons (Fsp3) is 0.143. The molecule has 2 N–H and O–H groups in total. The molecule has 0 atom stereocenters. The summed E-state index contributed by atoms with van der Waals surface area (Å²) < 4.78 is 1.67. The third-order valence-corrected chi connectivity index (χ3v) is 8.11. The van der Waals surface area contributed by atoms with Gasteiger partial charge < -0.3 is 10.0 Å². The van der Waals surface area contributed by atoms with E-state index in [9.17, 15) is 14.7 Å². The molecule has 0 spiro atoms. The van der Waals surface area contributed by atoms with Crippen LogP contribution in [0.5, 0.6) is 0 Å². The average molecular weight is 562 g/mol. The van der Waals surface area contributed by atoms with E-state index in [4.69, 9.17) is 0 Å². The van der Waals surface area contributed by atoms with Crippen molar-refractivity contribution in [3.05, 3.63) is 67.7 Å². The normalized spacial score (nSPS) is 13.3. The highest BCUT2D eigenvalue weighted by atomic mass is 127. The molecule has 0 aliphatic carbocycles. The third-order valence-electron chi connectivity index (χ3n) is 5.08. The van der Waals surface area contributed by atoms with Gasteiger partial charge in [-0.3, -0.25) is 10.1 Å². The molecule has 1 amide bonds. The summed E-state index contributed by atoms with van der Waals surface area (Å²) in [5.41, 5.74) is 3.60. The molecule has 0 fully saturated rings. The molecule has 0 unspecified atom stereocenters. The maximum Gasteiger partial charge on any atom is 0.356 e. The predicted molar refractivity (Wildman–Crippen MR) is 131 cm³/mol. The summed E-state index contributed by atoms with van der Waals surface area (Å²) in [5, 5.41) is 13.5. The first-order chi connectivity index (χ1) is 15.0. The molecule has 7 nitrogen and oxygen atoms in total. The second-order valence-electron chi connectivity index (χ2n) is 6.98. The molecule has 5 rings (SSSR count). The van der Waals surface area contributed by atoms with E-state index in [-0.39, 0.29) is 11.6 Å². The average Bonchev–Trinajstić information content (AvgIpc) is 3.35. The van der Waals surface area contributed by atoms with Crippen LogP contribution in [0.2, 0.25) is 0 Å². The number of halogens is 1. The van der Waals surface area contributed by atoms with Gasteiger partial charge >= 0.3 is 5.97 Å². The molecule has 2 aromatic carbocycles. The number of nitrogens with one attached hydrogen (secondary N) is 1. The number of carbonyl (C=O) groups is 2. The lowest BCUT2D eigenvalue weighted by atomic mass is 9.94. The van der Waals surface area contributed by atoms with E-state index in [1.807, 2.05) is 70.0 Å². The Kier molecular flexibility index (Phi) is 5.36. The van der Waals surface area contributed by atoms with Gasteiger partial charge in [0.05, 0.1) is 10.2 Å². The van der Waals surface area contributed by atoms with Gasteiger partial charge in [0.1, 0.15) is 2.88 Å². The smallest absolute Gasteiger partial charge is 0.356 e. The number of hydrogen-bond acceptors (Lipinski definition) is 7. The van der Waals surface area contributed by atoms with E-state index in [1.165, 1.54) is 22.7 Å². The van der Waals surface area contributed by atoms with Crippen molar-refractivity contribution in [1.29, 1.82) is 0 Å². The largest absolute Gasteiger partial charge is 0.476 e. The number of carbonyl (C=O) groups excluding carboxylic acids is 1. The van der Waals surface area contributed by atoms with Crippen LogP contribution in [0.4, 0.5) is 10.3 Å². The number of benzene rings is 2. The molecule has 10 heteroatoms. The summed E-state index contributed by atoms with van der Waals surface area (Å²) in [6.07, 6.45) is 0.760. The number of carboxylic acids is 1. The van der Waals surface area contributed by atoms with Gasteiger partial charge in [0.25, 0.3) is 5.91 Å². The van der Waals surface area contributed by atoms with Crippen LogP contribution in [0.25, 0.3) is 10.2 Å². The van der Waals surface area contributed by atoms with Crippen molar-refractivity contribution in [2.75, 3.05) is 16.8 Å². The summed E-state index contributed by atoms with van der Waals surface area (Å²) in [6.45, 7) is 1.22.